The number of rotatable bonds is 6. The van der Waals surface area contributed by atoms with Gasteiger partial charge in [0.05, 0.1) is 17.5 Å². The minimum atomic E-state index is -4.54. The summed E-state index contributed by atoms with van der Waals surface area (Å²) in [5, 5.41) is 10.1. The van der Waals surface area contributed by atoms with E-state index in [1.165, 1.54) is 11.8 Å². The van der Waals surface area contributed by atoms with Crippen LogP contribution in [-0.2, 0) is 21.0 Å². The van der Waals surface area contributed by atoms with Crippen LogP contribution in [0.1, 0.15) is 5.56 Å². The Morgan fingerprint density at radius 3 is 2.35 bits per heavy atom. The number of carbonyl (C=O) groups is 1. The van der Waals surface area contributed by atoms with E-state index in [-0.39, 0.29) is 10.8 Å². The lowest BCUT2D eigenvalue weighted by Crippen LogP contribution is -2.37. The van der Waals surface area contributed by atoms with Gasteiger partial charge in [0.25, 0.3) is 0 Å². The van der Waals surface area contributed by atoms with E-state index in [9.17, 15) is 26.4 Å². The van der Waals surface area contributed by atoms with Gasteiger partial charge in [0.15, 0.2) is 4.34 Å². The van der Waals surface area contributed by atoms with Crippen molar-refractivity contribution in [1.82, 2.24) is 10.2 Å². The van der Waals surface area contributed by atoms with Crippen LogP contribution in [-0.4, -0.2) is 43.6 Å². The van der Waals surface area contributed by atoms with E-state index in [4.69, 9.17) is 0 Å². The second-order valence-electron chi connectivity index (χ2n) is 4.94. The Morgan fingerprint density at radius 2 is 1.88 bits per heavy atom. The maximum absolute atomic E-state index is 12.6. The summed E-state index contributed by atoms with van der Waals surface area (Å²) in [5.74, 6) is -0.695. The Kier molecular flexibility index (Phi) is 6.13. The first-order chi connectivity index (χ1) is 12.0. The van der Waals surface area contributed by atoms with Gasteiger partial charge >= 0.3 is 6.18 Å². The first-order valence-electron chi connectivity index (χ1n) is 6.83. The van der Waals surface area contributed by atoms with Gasteiger partial charge in [-0.25, -0.2) is 8.42 Å². The third-order valence-electron chi connectivity index (χ3n) is 3.00. The third kappa shape index (κ3) is 5.32. The molecule has 0 unspecified atom stereocenters. The molecular formula is C13H13F3N4O3S3. The summed E-state index contributed by atoms with van der Waals surface area (Å²) in [6, 6.07) is 3.49. The second-order valence-corrected chi connectivity index (χ2v) is 8.88. The van der Waals surface area contributed by atoms with E-state index in [1.54, 1.807) is 6.26 Å². The van der Waals surface area contributed by atoms with Crippen LogP contribution < -0.4 is 9.62 Å². The monoisotopic (exact) mass is 426 g/mol. The van der Waals surface area contributed by atoms with Crippen LogP contribution in [0, 0.1) is 0 Å². The number of halogens is 3. The molecule has 0 atom stereocenters. The van der Waals surface area contributed by atoms with Crippen molar-refractivity contribution in [2.45, 2.75) is 10.5 Å². The Hall–Kier alpha value is -1.86. The summed E-state index contributed by atoms with van der Waals surface area (Å²) in [7, 11) is -3.90. The highest BCUT2D eigenvalue weighted by Crippen LogP contribution is 2.31. The molecule has 1 aromatic carbocycles. The topological polar surface area (TPSA) is 92.3 Å². The molecular weight excluding hydrogens is 413 g/mol. The maximum Gasteiger partial charge on any atom is 0.416 e. The fourth-order valence-corrected chi connectivity index (χ4v) is 3.89. The number of hydrogen-bond donors (Lipinski definition) is 1. The lowest BCUT2D eigenvalue weighted by Gasteiger charge is -2.22. The van der Waals surface area contributed by atoms with Crippen LogP contribution in [0.5, 0.6) is 0 Å². The molecule has 0 saturated heterocycles. The molecule has 0 bridgehead atoms. The average Bonchev–Trinajstić information content (AvgIpc) is 2.98. The highest BCUT2D eigenvalue weighted by molar-refractivity contribution is 8.00. The lowest BCUT2D eigenvalue weighted by molar-refractivity contribution is -0.137. The molecule has 0 spiro atoms. The molecule has 1 amide bonds. The van der Waals surface area contributed by atoms with Crippen molar-refractivity contribution >= 4 is 49.8 Å². The Labute approximate surface area is 155 Å². The van der Waals surface area contributed by atoms with Crippen molar-refractivity contribution in [3.05, 3.63) is 29.8 Å². The molecule has 0 aliphatic rings. The summed E-state index contributed by atoms with van der Waals surface area (Å²) in [5.41, 5.74) is -0.977. The van der Waals surface area contributed by atoms with Crippen LogP contribution in [0.4, 0.5) is 24.0 Å². The molecule has 0 saturated carbocycles. The van der Waals surface area contributed by atoms with Gasteiger partial charge in [0.1, 0.15) is 6.54 Å². The minimum Gasteiger partial charge on any atom is -0.299 e. The molecule has 142 valence electrons. The van der Waals surface area contributed by atoms with Crippen molar-refractivity contribution in [2.24, 2.45) is 0 Å². The molecule has 0 fully saturated rings. The van der Waals surface area contributed by atoms with Crippen LogP contribution in [0.2, 0.25) is 0 Å². The van der Waals surface area contributed by atoms with Crippen LogP contribution in [0.25, 0.3) is 0 Å². The standard InChI is InChI=1S/C13H13F3N4O3S3/c1-24-12-19-18-11(25-12)17-10(21)7-20(26(2,22)23)9-5-3-8(4-6-9)13(14,15)16/h3-6H,7H2,1-2H3,(H,17,18,21). The van der Waals surface area contributed by atoms with E-state index in [1.807, 2.05) is 0 Å². The fraction of sp³-hybridized carbons (Fsp3) is 0.308. The van der Waals surface area contributed by atoms with Gasteiger partial charge in [-0.3, -0.25) is 14.4 Å². The number of sulfonamides is 1. The number of nitrogens with one attached hydrogen (secondary N) is 1. The van der Waals surface area contributed by atoms with Crippen LogP contribution in [0.3, 0.4) is 0 Å². The van der Waals surface area contributed by atoms with Gasteiger partial charge in [-0.1, -0.05) is 23.1 Å². The quantitative estimate of drug-likeness (QED) is 0.564. The van der Waals surface area contributed by atoms with Gasteiger partial charge in [0, 0.05) is 0 Å². The molecule has 1 heterocycles. The van der Waals surface area contributed by atoms with Gasteiger partial charge in [0.2, 0.25) is 21.1 Å². The zero-order valence-corrected chi connectivity index (χ0v) is 15.9. The van der Waals surface area contributed by atoms with E-state index in [2.05, 4.69) is 15.5 Å². The normalized spacial score (nSPS) is 12.0. The number of thioether (sulfide) groups is 1. The van der Waals surface area contributed by atoms with E-state index >= 15 is 0 Å². The summed E-state index contributed by atoms with van der Waals surface area (Å²) in [6.07, 6.45) is -1.91. The average molecular weight is 426 g/mol. The number of nitrogens with zero attached hydrogens (tertiary/aromatic N) is 3. The Balaban J connectivity index is 2.18. The van der Waals surface area contributed by atoms with Crippen LogP contribution >= 0.6 is 23.1 Å². The van der Waals surface area contributed by atoms with Gasteiger partial charge in [-0.05, 0) is 30.5 Å². The SMILES string of the molecule is CSc1nnc(NC(=O)CN(c2ccc(C(F)(F)F)cc2)S(C)(=O)=O)s1. The van der Waals surface area contributed by atoms with Crippen molar-refractivity contribution in [2.75, 3.05) is 28.7 Å². The van der Waals surface area contributed by atoms with E-state index in [0.29, 0.717) is 8.64 Å². The smallest absolute Gasteiger partial charge is 0.299 e. The van der Waals surface area contributed by atoms with E-state index in [0.717, 1.165) is 41.9 Å². The number of hydrogen-bond acceptors (Lipinski definition) is 7. The molecule has 7 nitrogen and oxygen atoms in total. The fourth-order valence-electron chi connectivity index (χ4n) is 1.85. The van der Waals surface area contributed by atoms with Gasteiger partial charge in [-0.2, -0.15) is 13.2 Å². The van der Waals surface area contributed by atoms with E-state index < -0.39 is 34.2 Å². The molecule has 2 rings (SSSR count). The number of anilines is 2. The number of alkyl halides is 3. The molecule has 2 aromatic rings. The summed E-state index contributed by atoms with van der Waals surface area (Å²) >= 11 is 2.44. The summed E-state index contributed by atoms with van der Waals surface area (Å²) in [4.78, 5) is 12.1. The number of amides is 1. The first-order valence-corrected chi connectivity index (χ1v) is 10.7. The van der Waals surface area contributed by atoms with Crippen molar-refractivity contribution < 1.29 is 26.4 Å². The predicted molar refractivity (Wildman–Crippen MR) is 94.0 cm³/mol. The minimum absolute atomic E-state index is 0.0577. The number of benzene rings is 1. The molecule has 0 aliphatic carbocycles. The Bertz CT molecular complexity index is 882. The van der Waals surface area contributed by atoms with Crippen molar-refractivity contribution in [1.29, 1.82) is 0 Å². The highest BCUT2D eigenvalue weighted by Gasteiger charge is 2.31. The Morgan fingerprint density at radius 1 is 1.27 bits per heavy atom. The van der Waals surface area contributed by atoms with Gasteiger partial charge in [-0.15, -0.1) is 10.2 Å². The van der Waals surface area contributed by atoms with Gasteiger partial charge < -0.3 is 0 Å². The molecule has 1 N–H and O–H groups in total. The molecule has 0 radical (unpaired) electrons. The van der Waals surface area contributed by atoms with Crippen LogP contribution in [0.15, 0.2) is 28.6 Å². The number of carbonyl (C=O) groups excluding carboxylic acids is 1. The molecule has 0 aliphatic heterocycles. The second kappa shape index (κ2) is 7.80. The first kappa shape index (κ1) is 20.5. The highest BCUT2D eigenvalue weighted by atomic mass is 32.2. The summed E-state index contributed by atoms with van der Waals surface area (Å²) in [6.45, 7) is -0.613. The third-order valence-corrected chi connectivity index (χ3v) is 5.95. The zero-order chi connectivity index (χ0) is 19.5. The summed E-state index contributed by atoms with van der Waals surface area (Å²) < 4.78 is 63.1. The zero-order valence-electron chi connectivity index (χ0n) is 13.4. The molecule has 1 aromatic heterocycles. The number of aromatic nitrogens is 2. The maximum atomic E-state index is 12.6. The molecule has 26 heavy (non-hydrogen) atoms. The predicted octanol–water partition coefficient (Wildman–Crippen LogP) is 2.68. The van der Waals surface area contributed by atoms with Crippen molar-refractivity contribution in [3.8, 4) is 0 Å². The molecule has 13 heteroatoms. The lowest BCUT2D eigenvalue weighted by atomic mass is 10.2. The van der Waals surface area contributed by atoms with Crippen molar-refractivity contribution in [3.63, 3.8) is 0 Å². The largest absolute Gasteiger partial charge is 0.416 e.